The van der Waals surface area contributed by atoms with E-state index in [1.165, 1.54) is 0 Å². The molecule has 1 saturated heterocycles. The second kappa shape index (κ2) is 5.16. The van der Waals surface area contributed by atoms with E-state index in [4.69, 9.17) is 17.4 Å². The van der Waals surface area contributed by atoms with Crippen molar-refractivity contribution >= 4 is 21.4 Å². The Balaban J connectivity index is 2.12. The number of sulfone groups is 1. The number of halogens is 1. The van der Waals surface area contributed by atoms with Crippen molar-refractivity contribution in [2.45, 2.75) is 18.9 Å². The Morgan fingerprint density at radius 1 is 1.72 bits per heavy atom. The van der Waals surface area contributed by atoms with Gasteiger partial charge in [0, 0.05) is 7.05 Å². The Bertz CT molecular complexity index is 508. The van der Waals surface area contributed by atoms with Crippen LogP contribution in [0.5, 0.6) is 0 Å². The van der Waals surface area contributed by atoms with Crippen LogP contribution in [0.25, 0.3) is 0 Å². The van der Waals surface area contributed by atoms with Crippen LogP contribution in [-0.2, 0) is 16.9 Å². The molecule has 6 nitrogen and oxygen atoms in total. The summed E-state index contributed by atoms with van der Waals surface area (Å²) in [4.78, 5) is 0. The first-order valence-corrected chi connectivity index (χ1v) is 7.97. The fourth-order valence-corrected chi connectivity index (χ4v) is 4.64. The lowest BCUT2D eigenvalue weighted by molar-refractivity contribution is 0.403. The molecule has 0 aromatic carbocycles. The third-order valence-electron chi connectivity index (χ3n) is 3.36. The van der Waals surface area contributed by atoms with E-state index < -0.39 is 9.84 Å². The molecule has 2 atom stereocenters. The first-order valence-electron chi connectivity index (χ1n) is 5.77. The number of nitrogens with two attached hydrogens (primary N) is 1. The lowest BCUT2D eigenvalue weighted by Gasteiger charge is -2.19. The second-order valence-corrected chi connectivity index (χ2v) is 7.36. The maximum atomic E-state index is 11.4. The molecule has 8 heteroatoms. The smallest absolute Gasteiger partial charge is 0.150 e. The fourth-order valence-electron chi connectivity index (χ4n) is 2.46. The number of aryl methyl sites for hydroxylation is 1. The van der Waals surface area contributed by atoms with Gasteiger partial charge in [-0.1, -0.05) is 11.6 Å². The third kappa shape index (κ3) is 2.85. The number of nitrogens with one attached hydrogen (secondary N) is 1. The molecule has 102 valence electrons. The zero-order valence-corrected chi connectivity index (χ0v) is 11.7. The molecule has 2 unspecified atom stereocenters. The topological polar surface area (TPSA) is 90.0 Å². The highest BCUT2D eigenvalue weighted by Crippen LogP contribution is 2.31. The van der Waals surface area contributed by atoms with Gasteiger partial charge in [0.05, 0.1) is 34.5 Å². The Kier molecular flexibility index (Phi) is 3.96. The summed E-state index contributed by atoms with van der Waals surface area (Å²) in [7, 11) is -1.07. The molecular formula is C10H17ClN4O2S. The molecule has 0 aliphatic carbocycles. The van der Waals surface area contributed by atoms with Crippen LogP contribution in [0.4, 0.5) is 0 Å². The molecule has 1 fully saturated rings. The van der Waals surface area contributed by atoms with Gasteiger partial charge in [-0.2, -0.15) is 5.10 Å². The largest absolute Gasteiger partial charge is 0.271 e. The van der Waals surface area contributed by atoms with Crippen molar-refractivity contribution in [3.63, 3.8) is 0 Å². The molecule has 1 aromatic rings. The van der Waals surface area contributed by atoms with Gasteiger partial charge in [0.15, 0.2) is 9.84 Å². The molecule has 0 radical (unpaired) electrons. The minimum absolute atomic E-state index is 0.127. The standard InChI is InChI=1S/C10H17ClN4O2S/c1-15-10(8(11)5-13-15)9(14-12)4-7-2-3-18(16,17)6-7/h5,7,9,14H,2-4,6,12H2,1H3. The summed E-state index contributed by atoms with van der Waals surface area (Å²) in [6.07, 6.45) is 2.90. The van der Waals surface area contributed by atoms with Gasteiger partial charge in [-0.15, -0.1) is 0 Å². The lowest BCUT2D eigenvalue weighted by atomic mass is 9.98. The Labute approximate surface area is 111 Å². The van der Waals surface area contributed by atoms with Gasteiger partial charge in [-0.25, -0.2) is 8.42 Å². The molecular weight excluding hydrogens is 276 g/mol. The van der Waals surface area contributed by atoms with Crippen LogP contribution in [0.3, 0.4) is 0 Å². The molecule has 0 bridgehead atoms. The second-order valence-electron chi connectivity index (χ2n) is 4.73. The highest BCUT2D eigenvalue weighted by Gasteiger charge is 2.31. The van der Waals surface area contributed by atoms with E-state index in [-0.39, 0.29) is 23.5 Å². The van der Waals surface area contributed by atoms with Crippen LogP contribution in [0.2, 0.25) is 5.02 Å². The van der Waals surface area contributed by atoms with Gasteiger partial charge < -0.3 is 0 Å². The van der Waals surface area contributed by atoms with Crippen molar-refractivity contribution in [1.82, 2.24) is 15.2 Å². The lowest BCUT2D eigenvalue weighted by Crippen LogP contribution is -2.31. The Morgan fingerprint density at radius 2 is 2.44 bits per heavy atom. The van der Waals surface area contributed by atoms with E-state index in [1.54, 1.807) is 17.9 Å². The predicted molar refractivity (Wildman–Crippen MR) is 69.7 cm³/mol. The Morgan fingerprint density at radius 3 is 2.89 bits per heavy atom. The van der Waals surface area contributed by atoms with Crippen LogP contribution in [-0.4, -0.2) is 29.7 Å². The van der Waals surface area contributed by atoms with Gasteiger partial charge in [-0.3, -0.25) is 16.0 Å². The summed E-state index contributed by atoms with van der Waals surface area (Å²) in [5.74, 6) is 6.18. The average Bonchev–Trinajstić information content (AvgIpc) is 2.80. The van der Waals surface area contributed by atoms with E-state index in [0.717, 1.165) is 5.69 Å². The van der Waals surface area contributed by atoms with Gasteiger partial charge >= 0.3 is 0 Å². The highest BCUT2D eigenvalue weighted by molar-refractivity contribution is 7.91. The Hall–Kier alpha value is -0.630. The maximum absolute atomic E-state index is 11.4. The van der Waals surface area contributed by atoms with Crippen molar-refractivity contribution in [2.24, 2.45) is 18.8 Å². The van der Waals surface area contributed by atoms with Crippen molar-refractivity contribution < 1.29 is 8.42 Å². The predicted octanol–water partition coefficient (Wildman–Crippen LogP) is 0.403. The molecule has 0 amide bonds. The van der Waals surface area contributed by atoms with Gasteiger partial charge in [0.2, 0.25) is 0 Å². The fraction of sp³-hybridized carbons (Fsp3) is 0.700. The molecule has 18 heavy (non-hydrogen) atoms. The summed E-state index contributed by atoms with van der Waals surface area (Å²) in [5.41, 5.74) is 3.50. The first-order chi connectivity index (χ1) is 8.43. The van der Waals surface area contributed by atoms with Crippen molar-refractivity contribution in [2.75, 3.05) is 11.5 Å². The van der Waals surface area contributed by atoms with E-state index in [2.05, 4.69) is 10.5 Å². The van der Waals surface area contributed by atoms with Gasteiger partial charge in [0.25, 0.3) is 0 Å². The van der Waals surface area contributed by atoms with Crippen LogP contribution in [0.1, 0.15) is 24.6 Å². The third-order valence-corrected chi connectivity index (χ3v) is 5.49. The molecule has 0 saturated carbocycles. The van der Waals surface area contributed by atoms with Crippen molar-refractivity contribution in [3.8, 4) is 0 Å². The molecule has 0 spiro atoms. The summed E-state index contributed by atoms with van der Waals surface area (Å²) >= 11 is 6.06. The van der Waals surface area contributed by atoms with Crippen LogP contribution >= 0.6 is 11.6 Å². The van der Waals surface area contributed by atoms with Crippen LogP contribution < -0.4 is 11.3 Å². The van der Waals surface area contributed by atoms with E-state index >= 15 is 0 Å². The number of rotatable bonds is 4. The number of nitrogens with zero attached hydrogens (tertiary/aromatic N) is 2. The zero-order valence-electron chi connectivity index (χ0n) is 10.1. The number of hydrazine groups is 1. The summed E-state index contributed by atoms with van der Waals surface area (Å²) in [6.45, 7) is 0. The van der Waals surface area contributed by atoms with Gasteiger partial charge in [-0.05, 0) is 18.8 Å². The first kappa shape index (κ1) is 13.8. The summed E-state index contributed by atoms with van der Waals surface area (Å²) < 4.78 is 24.5. The normalized spacial score (nSPS) is 24.3. The number of hydrogen-bond acceptors (Lipinski definition) is 5. The monoisotopic (exact) mass is 292 g/mol. The molecule has 1 aliphatic heterocycles. The number of hydrogen-bond donors (Lipinski definition) is 2. The van der Waals surface area contributed by atoms with E-state index in [0.29, 0.717) is 17.9 Å². The van der Waals surface area contributed by atoms with E-state index in [1.807, 2.05) is 0 Å². The average molecular weight is 293 g/mol. The van der Waals surface area contributed by atoms with E-state index in [9.17, 15) is 8.42 Å². The van der Waals surface area contributed by atoms with Gasteiger partial charge in [0.1, 0.15) is 0 Å². The molecule has 1 aromatic heterocycles. The number of aromatic nitrogens is 2. The van der Waals surface area contributed by atoms with Crippen LogP contribution in [0.15, 0.2) is 6.20 Å². The molecule has 3 N–H and O–H groups in total. The highest BCUT2D eigenvalue weighted by atomic mass is 35.5. The molecule has 2 heterocycles. The SMILES string of the molecule is Cn1ncc(Cl)c1C(CC1CCS(=O)(=O)C1)NN. The molecule has 2 rings (SSSR count). The summed E-state index contributed by atoms with van der Waals surface area (Å²) in [6, 6.07) is -0.178. The van der Waals surface area contributed by atoms with Crippen molar-refractivity contribution in [3.05, 3.63) is 16.9 Å². The zero-order chi connectivity index (χ0) is 13.3. The quantitative estimate of drug-likeness (QED) is 0.619. The summed E-state index contributed by atoms with van der Waals surface area (Å²) in [5, 5.41) is 4.60. The molecule has 1 aliphatic rings. The minimum Gasteiger partial charge on any atom is -0.271 e. The van der Waals surface area contributed by atoms with Crippen LogP contribution in [0, 0.1) is 5.92 Å². The minimum atomic E-state index is -2.86. The van der Waals surface area contributed by atoms with Crippen molar-refractivity contribution in [1.29, 1.82) is 0 Å². The maximum Gasteiger partial charge on any atom is 0.150 e.